The minimum atomic E-state index is -1.09. The quantitative estimate of drug-likeness (QED) is 0.420. The van der Waals surface area contributed by atoms with Crippen LogP contribution in [0.3, 0.4) is 0 Å². The highest BCUT2D eigenvalue weighted by atomic mass is 16.6. The number of methoxy groups -OCH3 is 2. The van der Waals surface area contributed by atoms with Crippen LogP contribution in [0.25, 0.3) is 0 Å². The SMILES string of the molecule is COC(=O)C[C@@H](OCC=O)C(=O)OC. The number of carbonyl (C=O) groups is 3. The average Bonchev–Trinajstić information content (AvgIpc) is 2.22. The van der Waals surface area contributed by atoms with E-state index in [0.717, 1.165) is 7.11 Å². The lowest BCUT2D eigenvalue weighted by Gasteiger charge is -2.12. The van der Waals surface area contributed by atoms with Crippen molar-refractivity contribution in [2.24, 2.45) is 0 Å². The minimum absolute atomic E-state index is 0.267. The zero-order chi connectivity index (χ0) is 11.0. The van der Waals surface area contributed by atoms with E-state index in [1.807, 2.05) is 0 Å². The maximum Gasteiger partial charge on any atom is 0.335 e. The van der Waals surface area contributed by atoms with Gasteiger partial charge in [0.25, 0.3) is 0 Å². The Kier molecular flexibility index (Phi) is 6.30. The first-order chi connectivity index (χ1) is 6.65. The van der Waals surface area contributed by atoms with Gasteiger partial charge in [-0.25, -0.2) is 4.79 Å². The second-order valence-electron chi connectivity index (χ2n) is 2.29. The Morgan fingerprint density at radius 2 is 1.93 bits per heavy atom. The van der Waals surface area contributed by atoms with Crippen LogP contribution >= 0.6 is 0 Å². The largest absolute Gasteiger partial charge is 0.469 e. The Morgan fingerprint density at radius 1 is 1.29 bits per heavy atom. The van der Waals surface area contributed by atoms with Crippen LogP contribution < -0.4 is 0 Å². The molecule has 0 aliphatic rings. The van der Waals surface area contributed by atoms with Gasteiger partial charge in [-0.15, -0.1) is 0 Å². The van der Waals surface area contributed by atoms with Gasteiger partial charge < -0.3 is 19.0 Å². The Hall–Kier alpha value is -1.43. The summed E-state index contributed by atoms with van der Waals surface area (Å²) in [6.45, 7) is -0.267. The Bertz CT molecular complexity index is 212. The molecular formula is C8H12O6. The average molecular weight is 204 g/mol. The number of rotatable bonds is 6. The van der Waals surface area contributed by atoms with Crippen LogP contribution in [-0.4, -0.2) is 45.2 Å². The van der Waals surface area contributed by atoms with Crippen LogP contribution in [0.15, 0.2) is 0 Å². The Morgan fingerprint density at radius 3 is 2.36 bits per heavy atom. The predicted octanol–water partition coefficient (Wildman–Crippen LogP) is -0.693. The van der Waals surface area contributed by atoms with Gasteiger partial charge in [-0.3, -0.25) is 4.79 Å². The van der Waals surface area contributed by atoms with Crippen molar-refractivity contribution >= 4 is 18.2 Å². The zero-order valence-corrected chi connectivity index (χ0v) is 8.02. The molecule has 6 heteroatoms. The summed E-state index contributed by atoms with van der Waals surface area (Å²) in [5.74, 6) is -1.32. The Labute approximate surface area is 81.1 Å². The molecule has 6 nitrogen and oxygen atoms in total. The third-order valence-electron chi connectivity index (χ3n) is 1.41. The fourth-order valence-electron chi connectivity index (χ4n) is 0.732. The smallest absolute Gasteiger partial charge is 0.335 e. The fourth-order valence-corrected chi connectivity index (χ4v) is 0.732. The van der Waals surface area contributed by atoms with E-state index >= 15 is 0 Å². The third kappa shape index (κ3) is 4.56. The second-order valence-corrected chi connectivity index (χ2v) is 2.29. The van der Waals surface area contributed by atoms with Crippen LogP contribution in [0.4, 0.5) is 0 Å². The molecule has 0 aromatic heterocycles. The van der Waals surface area contributed by atoms with E-state index in [4.69, 9.17) is 4.74 Å². The van der Waals surface area contributed by atoms with Gasteiger partial charge in [0, 0.05) is 0 Å². The second kappa shape index (κ2) is 7.02. The molecule has 0 spiro atoms. The summed E-state index contributed by atoms with van der Waals surface area (Å²) in [5, 5.41) is 0. The molecule has 0 aliphatic heterocycles. The monoisotopic (exact) mass is 204 g/mol. The summed E-state index contributed by atoms with van der Waals surface area (Å²) in [6.07, 6.45) is -0.873. The number of esters is 2. The van der Waals surface area contributed by atoms with Crippen molar-refractivity contribution in [1.82, 2.24) is 0 Å². The summed E-state index contributed by atoms with van der Waals surface area (Å²) < 4.78 is 13.5. The highest BCUT2D eigenvalue weighted by molar-refractivity contribution is 5.81. The van der Waals surface area contributed by atoms with Gasteiger partial charge in [0.15, 0.2) is 6.10 Å². The van der Waals surface area contributed by atoms with Crippen molar-refractivity contribution in [1.29, 1.82) is 0 Å². The van der Waals surface area contributed by atoms with Crippen LogP contribution in [0.5, 0.6) is 0 Å². The number of hydrogen-bond acceptors (Lipinski definition) is 6. The van der Waals surface area contributed by atoms with E-state index in [2.05, 4.69) is 9.47 Å². The minimum Gasteiger partial charge on any atom is -0.469 e. The summed E-state index contributed by atoms with van der Waals surface area (Å²) in [4.78, 5) is 31.8. The normalized spacial score (nSPS) is 11.6. The van der Waals surface area contributed by atoms with Crippen molar-refractivity contribution in [3.63, 3.8) is 0 Å². The highest BCUT2D eigenvalue weighted by Crippen LogP contribution is 2.02. The van der Waals surface area contributed by atoms with Crippen molar-refractivity contribution in [2.75, 3.05) is 20.8 Å². The summed E-state index contributed by atoms with van der Waals surface area (Å²) in [6, 6.07) is 0. The van der Waals surface area contributed by atoms with Gasteiger partial charge in [-0.05, 0) is 0 Å². The van der Waals surface area contributed by atoms with E-state index in [-0.39, 0.29) is 13.0 Å². The van der Waals surface area contributed by atoms with E-state index in [1.165, 1.54) is 7.11 Å². The molecule has 0 saturated carbocycles. The van der Waals surface area contributed by atoms with Crippen LogP contribution in [0.1, 0.15) is 6.42 Å². The highest BCUT2D eigenvalue weighted by Gasteiger charge is 2.23. The van der Waals surface area contributed by atoms with Crippen molar-refractivity contribution in [3.8, 4) is 0 Å². The number of ether oxygens (including phenoxy) is 3. The van der Waals surface area contributed by atoms with Crippen molar-refractivity contribution in [2.45, 2.75) is 12.5 Å². The first-order valence-electron chi connectivity index (χ1n) is 3.85. The van der Waals surface area contributed by atoms with Gasteiger partial charge in [0.2, 0.25) is 0 Å². The van der Waals surface area contributed by atoms with Crippen LogP contribution in [0, 0.1) is 0 Å². The molecular weight excluding hydrogens is 192 g/mol. The molecule has 0 bridgehead atoms. The fraction of sp³-hybridized carbons (Fsp3) is 0.625. The lowest BCUT2D eigenvalue weighted by atomic mass is 10.2. The van der Waals surface area contributed by atoms with Gasteiger partial charge in [-0.2, -0.15) is 0 Å². The van der Waals surface area contributed by atoms with E-state index in [1.54, 1.807) is 0 Å². The maximum atomic E-state index is 11.0. The van der Waals surface area contributed by atoms with Gasteiger partial charge in [-0.1, -0.05) is 0 Å². The predicted molar refractivity (Wildman–Crippen MR) is 44.5 cm³/mol. The first kappa shape index (κ1) is 12.6. The molecule has 0 fully saturated rings. The first-order valence-corrected chi connectivity index (χ1v) is 3.85. The summed E-state index contributed by atoms with van der Waals surface area (Å²) in [7, 11) is 2.35. The van der Waals surface area contributed by atoms with Crippen LogP contribution in [0.2, 0.25) is 0 Å². The molecule has 1 atom stereocenters. The van der Waals surface area contributed by atoms with Gasteiger partial charge in [0.05, 0.1) is 20.6 Å². The molecule has 0 aromatic rings. The number of carbonyl (C=O) groups excluding carboxylic acids is 3. The molecule has 14 heavy (non-hydrogen) atoms. The molecule has 0 aliphatic carbocycles. The van der Waals surface area contributed by atoms with E-state index in [0.29, 0.717) is 6.29 Å². The summed E-state index contributed by atoms with van der Waals surface area (Å²) in [5.41, 5.74) is 0. The topological polar surface area (TPSA) is 78.9 Å². The van der Waals surface area contributed by atoms with E-state index < -0.39 is 18.0 Å². The lowest BCUT2D eigenvalue weighted by molar-refractivity contribution is -0.160. The van der Waals surface area contributed by atoms with Gasteiger partial charge in [0.1, 0.15) is 12.9 Å². The molecule has 0 heterocycles. The zero-order valence-electron chi connectivity index (χ0n) is 8.02. The molecule has 0 rings (SSSR count). The molecule has 0 N–H and O–H groups in total. The summed E-state index contributed by atoms with van der Waals surface area (Å²) >= 11 is 0. The lowest BCUT2D eigenvalue weighted by Crippen LogP contribution is -2.29. The van der Waals surface area contributed by atoms with Crippen molar-refractivity contribution in [3.05, 3.63) is 0 Å². The number of hydrogen-bond donors (Lipinski definition) is 0. The molecule has 0 radical (unpaired) electrons. The molecule has 0 unspecified atom stereocenters. The van der Waals surface area contributed by atoms with E-state index in [9.17, 15) is 14.4 Å². The number of aldehydes is 1. The molecule has 80 valence electrons. The van der Waals surface area contributed by atoms with Gasteiger partial charge >= 0.3 is 11.9 Å². The Balaban J connectivity index is 4.16. The third-order valence-corrected chi connectivity index (χ3v) is 1.41. The molecule has 0 aromatic carbocycles. The standard InChI is InChI=1S/C8H12O6/c1-12-7(10)5-6(8(11)13-2)14-4-3-9/h3,6H,4-5H2,1-2H3/t6-/m1/s1. The van der Waals surface area contributed by atoms with Crippen molar-refractivity contribution < 1.29 is 28.6 Å². The molecule has 0 amide bonds. The van der Waals surface area contributed by atoms with Crippen LogP contribution in [-0.2, 0) is 28.6 Å². The maximum absolute atomic E-state index is 11.0. The molecule has 0 saturated heterocycles.